The second-order valence-electron chi connectivity index (χ2n) is 4.43. The van der Waals surface area contributed by atoms with Crippen LogP contribution in [0.5, 0.6) is 0 Å². The van der Waals surface area contributed by atoms with Crippen molar-refractivity contribution in [1.82, 2.24) is 0 Å². The van der Waals surface area contributed by atoms with Gasteiger partial charge in [-0.15, -0.1) is 0 Å². The lowest BCUT2D eigenvalue weighted by atomic mass is 9.89. The summed E-state index contributed by atoms with van der Waals surface area (Å²) in [5.74, 6) is -0.206. The molecule has 0 aromatic carbocycles. The minimum absolute atomic E-state index is 0.191. The molecule has 1 aliphatic rings. The first-order valence-corrected chi connectivity index (χ1v) is 6.17. The average Bonchev–Trinajstić information content (AvgIpc) is 2.44. The summed E-state index contributed by atoms with van der Waals surface area (Å²) in [6.45, 7) is 0. The fourth-order valence-electron chi connectivity index (χ4n) is 1.91. The van der Waals surface area contributed by atoms with Crippen LogP contribution < -0.4 is 5.73 Å². The van der Waals surface area contributed by atoms with Gasteiger partial charge in [0.2, 0.25) is 0 Å². The van der Waals surface area contributed by atoms with Crippen LogP contribution in [-0.4, -0.2) is 37.4 Å². The zero-order valence-electron chi connectivity index (χ0n) is 11.3. The number of hydrogen-bond donors (Lipinski definition) is 2. The van der Waals surface area contributed by atoms with Crippen LogP contribution in [0.15, 0.2) is 36.1 Å². The van der Waals surface area contributed by atoms with Gasteiger partial charge in [-0.3, -0.25) is 4.79 Å². The molecule has 19 heavy (non-hydrogen) atoms. The van der Waals surface area contributed by atoms with Crippen molar-refractivity contribution in [3.8, 4) is 0 Å². The topological polar surface area (TPSA) is 81.8 Å². The van der Waals surface area contributed by atoms with E-state index in [1.807, 2.05) is 18.2 Å². The van der Waals surface area contributed by atoms with Crippen LogP contribution in [0, 0.1) is 5.92 Å². The molecule has 2 unspecified atom stereocenters. The third kappa shape index (κ3) is 4.89. The minimum atomic E-state index is -0.675. The number of carbonyl (C=O) groups is 1. The summed E-state index contributed by atoms with van der Waals surface area (Å²) in [5.41, 5.74) is 6.53. The molecular weight excluding hydrogens is 246 g/mol. The van der Waals surface area contributed by atoms with Gasteiger partial charge >= 0.3 is 5.97 Å². The second-order valence-corrected chi connectivity index (χ2v) is 4.43. The van der Waals surface area contributed by atoms with E-state index < -0.39 is 18.1 Å². The van der Waals surface area contributed by atoms with Crippen LogP contribution >= 0.6 is 0 Å². The van der Waals surface area contributed by atoms with E-state index in [-0.39, 0.29) is 5.92 Å². The smallest absolute Gasteiger partial charge is 0.322 e. The van der Waals surface area contributed by atoms with Crippen molar-refractivity contribution in [2.45, 2.75) is 25.0 Å². The zero-order valence-corrected chi connectivity index (χ0v) is 11.3. The van der Waals surface area contributed by atoms with Crippen molar-refractivity contribution >= 4 is 5.97 Å². The van der Waals surface area contributed by atoms with Gasteiger partial charge in [0.25, 0.3) is 0 Å². The lowest BCUT2D eigenvalue weighted by Crippen LogP contribution is -2.33. The maximum atomic E-state index is 11.2. The molecule has 0 heterocycles. The first kappa shape index (κ1) is 15.5. The molecule has 0 fully saturated rings. The zero-order chi connectivity index (χ0) is 14.3. The third-order valence-corrected chi connectivity index (χ3v) is 3.02. The van der Waals surface area contributed by atoms with Crippen LogP contribution in [0.25, 0.3) is 0 Å². The second kappa shape index (κ2) is 7.76. The van der Waals surface area contributed by atoms with Gasteiger partial charge in [0, 0.05) is 0 Å². The number of ether oxygens (including phenoxy) is 2. The molecule has 1 rings (SSSR count). The van der Waals surface area contributed by atoms with E-state index in [1.165, 1.54) is 20.5 Å². The molecule has 0 saturated heterocycles. The molecule has 0 radical (unpaired) electrons. The van der Waals surface area contributed by atoms with Crippen molar-refractivity contribution in [2.24, 2.45) is 11.7 Å². The van der Waals surface area contributed by atoms with Crippen LogP contribution in [0.1, 0.15) is 12.8 Å². The highest BCUT2D eigenvalue weighted by atomic mass is 16.5. The Hall–Kier alpha value is -1.59. The number of carbonyl (C=O) groups excluding carboxylic acids is 1. The van der Waals surface area contributed by atoms with Gasteiger partial charge in [-0.25, -0.2) is 0 Å². The highest BCUT2D eigenvalue weighted by Gasteiger charge is 2.20. The molecule has 1 aliphatic carbocycles. The fourth-order valence-corrected chi connectivity index (χ4v) is 1.91. The lowest BCUT2D eigenvalue weighted by molar-refractivity contribution is -0.142. The van der Waals surface area contributed by atoms with Gasteiger partial charge in [0.1, 0.15) is 12.1 Å². The van der Waals surface area contributed by atoms with Crippen molar-refractivity contribution < 1.29 is 19.4 Å². The van der Waals surface area contributed by atoms with E-state index in [4.69, 9.17) is 10.5 Å². The standard InChI is InChI=1S/C14H21NO4/c1-18-8-7-13(16)11-5-3-10(4-6-11)9-12(15)14(17)19-2/h3,5-8,10,12-13,16H,4,9,15H2,1-2H3/b8-7+/t10?,12-,13?/m0/s1. The molecule has 5 nitrogen and oxygen atoms in total. The maximum Gasteiger partial charge on any atom is 0.322 e. The summed E-state index contributed by atoms with van der Waals surface area (Å²) in [7, 11) is 2.86. The molecule has 0 spiro atoms. The molecule has 3 N–H and O–H groups in total. The van der Waals surface area contributed by atoms with Gasteiger partial charge in [0.05, 0.1) is 20.5 Å². The van der Waals surface area contributed by atoms with Crippen molar-refractivity contribution in [2.75, 3.05) is 14.2 Å². The lowest BCUT2D eigenvalue weighted by Gasteiger charge is -2.20. The van der Waals surface area contributed by atoms with E-state index in [0.717, 1.165) is 12.0 Å². The van der Waals surface area contributed by atoms with Crippen LogP contribution in [0.2, 0.25) is 0 Å². The molecule has 5 heteroatoms. The van der Waals surface area contributed by atoms with Gasteiger partial charge in [-0.2, -0.15) is 0 Å². The SMILES string of the molecule is CO/C=C/C(O)C1=CCC(C[C@H](N)C(=O)OC)C=C1. The Morgan fingerprint density at radius 3 is 2.89 bits per heavy atom. The van der Waals surface area contributed by atoms with Gasteiger partial charge < -0.3 is 20.3 Å². The summed E-state index contributed by atoms with van der Waals surface area (Å²) in [6, 6.07) is -0.604. The van der Waals surface area contributed by atoms with E-state index in [1.54, 1.807) is 6.08 Å². The minimum Gasteiger partial charge on any atom is -0.505 e. The van der Waals surface area contributed by atoms with Gasteiger partial charge in [-0.05, 0) is 30.4 Å². The molecule has 0 amide bonds. The Kier molecular flexibility index (Phi) is 6.32. The molecule has 0 aromatic rings. The molecule has 0 aromatic heterocycles. The number of esters is 1. The Bertz CT molecular complexity index is 387. The number of allylic oxidation sites excluding steroid dienone is 2. The quantitative estimate of drug-likeness (QED) is 0.552. The first-order chi connectivity index (χ1) is 9.08. The molecule has 106 valence electrons. The van der Waals surface area contributed by atoms with Crippen molar-refractivity contribution in [1.29, 1.82) is 0 Å². The normalized spacial score (nSPS) is 21.9. The first-order valence-electron chi connectivity index (χ1n) is 6.17. The fraction of sp³-hybridized carbons (Fsp3) is 0.500. The highest BCUT2D eigenvalue weighted by Crippen LogP contribution is 2.22. The Labute approximate surface area is 113 Å². The predicted molar refractivity (Wildman–Crippen MR) is 72.1 cm³/mol. The Balaban J connectivity index is 2.48. The van der Waals surface area contributed by atoms with E-state index >= 15 is 0 Å². The van der Waals surface area contributed by atoms with Crippen molar-refractivity contribution in [3.63, 3.8) is 0 Å². The highest BCUT2D eigenvalue weighted by molar-refractivity contribution is 5.75. The monoisotopic (exact) mass is 267 g/mol. The number of nitrogens with two attached hydrogens (primary N) is 1. The molecule has 0 bridgehead atoms. The molecule has 0 saturated carbocycles. The summed E-state index contributed by atoms with van der Waals surface area (Å²) < 4.78 is 9.35. The van der Waals surface area contributed by atoms with Gasteiger partial charge in [-0.1, -0.05) is 18.2 Å². The average molecular weight is 267 g/mol. The molecule has 0 aliphatic heterocycles. The van der Waals surface area contributed by atoms with Crippen LogP contribution in [0.3, 0.4) is 0 Å². The summed E-state index contributed by atoms with van der Waals surface area (Å²) in [6.07, 6.45) is 9.37. The number of hydrogen-bond acceptors (Lipinski definition) is 5. The van der Waals surface area contributed by atoms with E-state index in [0.29, 0.717) is 6.42 Å². The maximum absolute atomic E-state index is 11.2. The number of aliphatic hydroxyl groups is 1. The molecule has 3 atom stereocenters. The summed E-state index contributed by atoms with van der Waals surface area (Å²) in [4.78, 5) is 11.2. The third-order valence-electron chi connectivity index (χ3n) is 3.02. The molecular formula is C14H21NO4. The Morgan fingerprint density at radius 2 is 2.37 bits per heavy atom. The number of aliphatic hydroxyl groups excluding tert-OH is 1. The number of rotatable bonds is 6. The van der Waals surface area contributed by atoms with Crippen LogP contribution in [0.4, 0.5) is 0 Å². The van der Waals surface area contributed by atoms with Gasteiger partial charge in [0.15, 0.2) is 0 Å². The Morgan fingerprint density at radius 1 is 1.63 bits per heavy atom. The van der Waals surface area contributed by atoms with E-state index in [9.17, 15) is 9.90 Å². The van der Waals surface area contributed by atoms with Crippen LogP contribution in [-0.2, 0) is 14.3 Å². The van der Waals surface area contributed by atoms with Crippen molar-refractivity contribution in [3.05, 3.63) is 36.1 Å². The van der Waals surface area contributed by atoms with E-state index in [2.05, 4.69) is 4.74 Å². The predicted octanol–water partition coefficient (Wildman–Crippen LogP) is 0.900. The summed E-state index contributed by atoms with van der Waals surface area (Å²) >= 11 is 0. The summed E-state index contributed by atoms with van der Waals surface area (Å²) in [5, 5.41) is 9.81. The number of methoxy groups -OCH3 is 2. The largest absolute Gasteiger partial charge is 0.505 e.